The second kappa shape index (κ2) is 6.53. The summed E-state index contributed by atoms with van der Waals surface area (Å²) in [6.07, 6.45) is 3.65. The Bertz CT molecular complexity index is 420. The van der Waals surface area contributed by atoms with Crippen LogP contribution in [-0.2, 0) is 6.42 Å². The summed E-state index contributed by atoms with van der Waals surface area (Å²) in [5.41, 5.74) is 1.07. The molecule has 1 atom stereocenters. The summed E-state index contributed by atoms with van der Waals surface area (Å²) >= 11 is 6.17. The Balaban J connectivity index is 2.15. The zero-order valence-corrected chi connectivity index (χ0v) is 12.8. The van der Waals surface area contributed by atoms with Crippen molar-refractivity contribution in [3.05, 3.63) is 17.0 Å². The maximum absolute atomic E-state index is 6.17. The molecule has 2 rings (SSSR count). The molecule has 0 radical (unpaired) electrons. The van der Waals surface area contributed by atoms with E-state index in [9.17, 15) is 0 Å². The van der Waals surface area contributed by atoms with Crippen LogP contribution in [0.3, 0.4) is 0 Å². The zero-order valence-electron chi connectivity index (χ0n) is 12.1. The van der Waals surface area contributed by atoms with E-state index in [1.807, 2.05) is 0 Å². The van der Waals surface area contributed by atoms with Crippen LogP contribution in [0, 0.1) is 0 Å². The van der Waals surface area contributed by atoms with Gasteiger partial charge in [0, 0.05) is 24.7 Å². The molecule has 106 valence electrons. The maximum Gasteiger partial charge on any atom is 0.137 e. The molecular formula is C14H23ClN4. The van der Waals surface area contributed by atoms with Gasteiger partial charge in [0.25, 0.3) is 0 Å². The first-order valence-corrected chi connectivity index (χ1v) is 7.57. The molecule has 0 aliphatic carbocycles. The van der Waals surface area contributed by atoms with E-state index < -0.39 is 0 Å². The molecule has 0 spiro atoms. The third-order valence-electron chi connectivity index (χ3n) is 4.02. The van der Waals surface area contributed by atoms with Crippen LogP contribution in [0.25, 0.3) is 0 Å². The fraction of sp³-hybridized carbons (Fsp3) is 0.714. The van der Waals surface area contributed by atoms with Crippen LogP contribution in [0.2, 0.25) is 5.15 Å². The SMILES string of the molecule is CCc1c(Cl)ncnc1N1CCC(N(CC)CC)C1. The summed E-state index contributed by atoms with van der Waals surface area (Å²) in [7, 11) is 0. The van der Waals surface area contributed by atoms with E-state index in [4.69, 9.17) is 11.6 Å². The fourth-order valence-electron chi connectivity index (χ4n) is 2.93. The Labute approximate surface area is 120 Å². The van der Waals surface area contributed by atoms with Crippen LogP contribution in [-0.4, -0.2) is 47.1 Å². The first-order valence-electron chi connectivity index (χ1n) is 7.19. The highest BCUT2D eigenvalue weighted by Crippen LogP contribution is 2.27. The first-order chi connectivity index (χ1) is 9.21. The van der Waals surface area contributed by atoms with Gasteiger partial charge in [-0.25, -0.2) is 9.97 Å². The predicted octanol–water partition coefficient (Wildman–Crippen LogP) is 2.61. The normalized spacial score (nSPS) is 19.4. The number of rotatable bonds is 5. The highest BCUT2D eigenvalue weighted by Gasteiger charge is 2.28. The Morgan fingerprint density at radius 1 is 1.32 bits per heavy atom. The van der Waals surface area contributed by atoms with Crippen LogP contribution >= 0.6 is 11.6 Å². The molecule has 0 amide bonds. The van der Waals surface area contributed by atoms with Crippen LogP contribution in [0.5, 0.6) is 0 Å². The zero-order chi connectivity index (χ0) is 13.8. The smallest absolute Gasteiger partial charge is 0.137 e. The van der Waals surface area contributed by atoms with Crippen molar-refractivity contribution in [2.24, 2.45) is 0 Å². The molecule has 0 saturated carbocycles. The lowest BCUT2D eigenvalue weighted by molar-refractivity contribution is 0.232. The van der Waals surface area contributed by atoms with Gasteiger partial charge in [-0.3, -0.25) is 4.90 Å². The topological polar surface area (TPSA) is 32.3 Å². The highest BCUT2D eigenvalue weighted by atomic mass is 35.5. The van der Waals surface area contributed by atoms with E-state index >= 15 is 0 Å². The Kier molecular flexibility index (Phi) is 4.99. The summed E-state index contributed by atoms with van der Waals surface area (Å²) < 4.78 is 0. The maximum atomic E-state index is 6.17. The summed E-state index contributed by atoms with van der Waals surface area (Å²) in [4.78, 5) is 13.4. The number of aromatic nitrogens is 2. The minimum absolute atomic E-state index is 0.596. The van der Waals surface area contributed by atoms with Crippen molar-refractivity contribution < 1.29 is 0 Å². The number of halogens is 1. The molecule has 1 unspecified atom stereocenters. The van der Waals surface area contributed by atoms with Gasteiger partial charge in [0.15, 0.2) is 0 Å². The minimum Gasteiger partial charge on any atom is -0.355 e. The Hall–Kier alpha value is -0.870. The van der Waals surface area contributed by atoms with Gasteiger partial charge in [-0.2, -0.15) is 0 Å². The third-order valence-corrected chi connectivity index (χ3v) is 4.34. The molecule has 2 heterocycles. The fourth-order valence-corrected chi connectivity index (χ4v) is 3.19. The molecule has 4 nitrogen and oxygen atoms in total. The molecule has 1 saturated heterocycles. The van der Waals surface area contributed by atoms with Gasteiger partial charge < -0.3 is 4.90 Å². The van der Waals surface area contributed by atoms with Gasteiger partial charge >= 0.3 is 0 Å². The van der Waals surface area contributed by atoms with Crippen molar-refractivity contribution in [3.63, 3.8) is 0 Å². The lowest BCUT2D eigenvalue weighted by Gasteiger charge is -2.27. The van der Waals surface area contributed by atoms with Gasteiger partial charge in [-0.1, -0.05) is 32.4 Å². The molecule has 1 fully saturated rings. The number of hydrogen-bond acceptors (Lipinski definition) is 4. The first kappa shape index (κ1) is 14.5. The average Bonchev–Trinajstić information content (AvgIpc) is 2.89. The van der Waals surface area contributed by atoms with Crippen molar-refractivity contribution in [2.45, 2.75) is 39.7 Å². The minimum atomic E-state index is 0.596. The number of nitrogens with zero attached hydrogens (tertiary/aromatic N) is 4. The van der Waals surface area contributed by atoms with Crippen molar-refractivity contribution in [1.29, 1.82) is 0 Å². The van der Waals surface area contributed by atoms with E-state index in [1.165, 1.54) is 6.42 Å². The number of likely N-dealkylation sites (N-methyl/N-ethyl adjacent to an activating group) is 1. The molecule has 0 aromatic carbocycles. The summed E-state index contributed by atoms with van der Waals surface area (Å²) in [5.74, 6) is 1.03. The molecule has 0 bridgehead atoms. The summed E-state index contributed by atoms with van der Waals surface area (Å²) in [5, 5.41) is 0.596. The Morgan fingerprint density at radius 3 is 2.68 bits per heavy atom. The van der Waals surface area contributed by atoms with Gasteiger partial charge in [0.1, 0.15) is 17.3 Å². The number of hydrogen-bond donors (Lipinski definition) is 0. The monoisotopic (exact) mass is 282 g/mol. The van der Waals surface area contributed by atoms with Crippen LogP contribution in [0.1, 0.15) is 32.8 Å². The lowest BCUT2D eigenvalue weighted by atomic mass is 10.2. The van der Waals surface area contributed by atoms with Crippen LogP contribution in [0.15, 0.2) is 6.33 Å². The lowest BCUT2D eigenvalue weighted by Crippen LogP contribution is -2.37. The quantitative estimate of drug-likeness (QED) is 0.777. The van der Waals surface area contributed by atoms with Gasteiger partial charge in [-0.15, -0.1) is 0 Å². The molecule has 1 aromatic heterocycles. The molecule has 5 heteroatoms. The summed E-state index contributed by atoms with van der Waals surface area (Å²) in [6, 6.07) is 0.633. The number of anilines is 1. The Morgan fingerprint density at radius 2 is 2.05 bits per heavy atom. The van der Waals surface area contributed by atoms with Crippen molar-refractivity contribution >= 4 is 17.4 Å². The average molecular weight is 283 g/mol. The third kappa shape index (κ3) is 3.00. The molecule has 1 aliphatic rings. The van der Waals surface area contributed by atoms with E-state index in [0.29, 0.717) is 11.2 Å². The van der Waals surface area contributed by atoms with Gasteiger partial charge in [-0.05, 0) is 25.9 Å². The van der Waals surface area contributed by atoms with E-state index in [2.05, 4.69) is 40.5 Å². The molecule has 0 N–H and O–H groups in total. The molecule has 19 heavy (non-hydrogen) atoms. The highest BCUT2D eigenvalue weighted by molar-refractivity contribution is 6.30. The van der Waals surface area contributed by atoms with Crippen molar-refractivity contribution in [1.82, 2.24) is 14.9 Å². The van der Waals surface area contributed by atoms with E-state index in [1.54, 1.807) is 6.33 Å². The van der Waals surface area contributed by atoms with E-state index in [-0.39, 0.29) is 0 Å². The van der Waals surface area contributed by atoms with Crippen molar-refractivity contribution in [3.8, 4) is 0 Å². The second-order valence-corrected chi connectivity index (χ2v) is 5.29. The standard InChI is InChI=1S/C14H23ClN4/c1-4-12-13(15)16-10-17-14(12)19-8-7-11(9-19)18(5-2)6-3/h10-11H,4-9H2,1-3H3. The summed E-state index contributed by atoms with van der Waals surface area (Å²) in [6.45, 7) is 10.9. The predicted molar refractivity (Wildman–Crippen MR) is 80.0 cm³/mol. The second-order valence-electron chi connectivity index (χ2n) is 4.93. The molecule has 1 aromatic rings. The molecule has 1 aliphatic heterocycles. The van der Waals surface area contributed by atoms with Crippen molar-refractivity contribution in [2.75, 3.05) is 31.1 Å². The molecular weight excluding hydrogens is 260 g/mol. The largest absolute Gasteiger partial charge is 0.355 e. The van der Waals surface area contributed by atoms with Crippen LogP contribution < -0.4 is 4.90 Å². The van der Waals surface area contributed by atoms with E-state index in [0.717, 1.165) is 44.0 Å². The van der Waals surface area contributed by atoms with Gasteiger partial charge in [0.2, 0.25) is 0 Å². The van der Waals surface area contributed by atoms with Gasteiger partial charge in [0.05, 0.1) is 0 Å². The van der Waals surface area contributed by atoms with Crippen LogP contribution in [0.4, 0.5) is 5.82 Å².